The first-order valence-corrected chi connectivity index (χ1v) is 7.22. The fourth-order valence-electron chi connectivity index (χ4n) is 1.84. The normalized spacial score (nSPS) is 12.9. The van der Waals surface area contributed by atoms with Crippen molar-refractivity contribution in [2.75, 3.05) is 26.2 Å². The molecule has 0 aromatic rings. The molecule has 0 saturated heterocycles. The highest BCUT2D eigenvalue weighted by Gasteiger charge is 1.99. The molecule has 1 atom stereocenters. The number of rotatable bonds is 12. The molecule has 1 unspecified atom stereocenters. The zero-order chi connectivity index (χ0) is 12.1. The van der Waals surface area contributed by atoms with Crippen LogP contribution in [0.4, 0.5) is 0 Å². The Labute approximate surface area is 103 Å². The summed E-state index contributed by atoms with van der Waals surface area (Å²) in [6.07, 6.45) is 8.34. The summed E-state index contributed by atoms with van der Waals surface area (Å²) in [6, 6.07) is 0. The van der Waals surface area contributed by atoms with Gasteiger partial charge in [0.1, 0.15) is 0 Å². The summed E-state index contributed by atoms with van der Waals surface area (Å²) in [4.78, 5) is 0. The van der Waals surface area contributed by atoms with Crippen LogP contribution in [0.2, 0.25) is 0 Å². The third-order valence-corrected chi connectivity index (χ3v) is 2.94. The van der Waals surface area contributed by atoms with Crippen molar-refractivity contribution in [3.8, 4) is 0 Å². The molecule has 0 rings (SSSR count). The van der Waals surface area contributed by atoms with E-state index in [0.717, 1.165) is 25.6 Å². The summed E-state index contributed by atoms with van der Waals surface area (Å²) in [6.45, 7) is 11.3. The Bertz CT molecular complexity index is 126. The lowest BCUT2D eigenvalue weighted by Gasteiger charge is -2.12. The van der Waals surface area contributed by atoms with Gasteiger partial charge >= 0.3 is 0 Å². The summed E-state index contributed by atoms with van der Waals surface area (Å²) >= 11 is 0. The molecule has 98 valence electrons. The van der Waals surface area contributed by atoms with E-state index in [0.29, 0.717) is 0 Å². The van der Waals surface area contributed by atoms with E-state index in [4.69, 9.17) is 0 Å². The van der Waals surface area contributed by atoms with E-state index in [1.54, 1.807) is 0 Å². The van der Waals surface area contributed by atoms with Gasteiger partial charge in [0, 0.05) is 0 Å². The van der Waals surface area contributed by atoms with Crippen LogP contribution < -0.4 is 10.6 Å². The molecule has 2 nitrogen and oxygen atoms in total. The Balaban J connectivity index is 3.02. The molecule has 0 spiro atoms. The first-order valence-electron chi connectivity index (χ1n) is 7.22. The summed E-state index contributed by atoms with van der Waals surface area (Å²) in [5.74, 6) is 0.750. The molecule has 0 aliphatic rings. The lowest BCUT2D eigenvalue weighted by Crippen LogP contribution is -2.29. The minimum absolute atomic E-state index is 0.750. The summed E-state index contributed by atoms with van der Waals surface area (Å²) in [7, 11) is 0. The zero-order valence-corrected chi connectivity index (χ0v) is 11.6. The third-order valence-electron chi connectivity index (χ3n) is 2.94. The second-order valence-corrected chi connectivity index (χ2v) is 4.88. The van der Waals surface area contributed by atoms with Crippen LogP contribution in [-0.4, -0.2) is 26.2 Å². The molecule has 0 fully saturated rings. The topological polar surface area (TPSA) is 24.1 Å². The van der Waals surface area contributed by atoms with E-state index < -0.39 is 0 Å². The second kappa shape index (κ2) is 13.0. The molecule has 0 aliphatic heterocycles. The molecule has 2 heteroatoms. The number of unbranched alkanes of at least 4 members (excludes halogenated alkanes) is 5. The smallest absolute Gasteiger partial charge is 0.00110 e. The van der Waals surface area contributed by atoms with Crippen LogP contribution in [0, 0.1) is 5.92 Å². The van der Waals surface area contributed by atoms with E-state index >= 15 is 0 Å². The highest BCUT2D eigenvalue weighted by molar-refractivity contribution is 4.59. The van der Waals surface area contributed by atoms with E-state index in [1.165, 1.54) is 45.1 Å². The maximum atomic E-state index is 3.54. The van der Waals surface area contributed by atoms with Crippen molar-refractivity contribution < 1.29 is 0 Å². The van der Waals surface area contributed by atoms with Crippen molar-refractivity contribution in [3.63, 3.8) is 0 Å². The Kier molecular flexibility index (Phi) is 12.9. The lowest BCUT2D eigenvalue weighted by molar-refractivity contribution is 0.470. The minimum atomic E-state index is 0.750. The highest BCUT2D eigenvalue weighted by atomic mass is 14.9. The van der Waals surface area contributed by atoms with Crippen molar-refractivity contribution in [3.05, 3.63) is 0 Å². The number of hydrogen-bond acceptors (Lipinski definition) is 2. The average molecular weight is 228 g/mol. The van der Waals surface area contributed by atoms with Gasteiger partial charge < -0.3 is 10.6 Å². The van der Waals surface area contributed by atoms with Gasteiger partial charge in [0.15, 0.2) is 0 Å². The third kappa shape index (κ3) is 12.0. The van der Waals surface area contributed by atoms with E-state index in [-0.39, 0.29) is 0 Å². The average Bonchev–Trinajstić information content (AvgIpc) is 2.30. The highest BCUT2D eigenvalue weighted by Crippen LogP contribution is 2.04. The van der Waals surface area contributed by atoms with Crippen molar-refractivity contribution in [2.24, 2.45) is 5.92 Å². The summed E-state index contributed by atoms with van der Waals surface area (Å²) < 4.78 is 0. The fraction of sp³-hybridized carbons (Fsp3) is 1.00. The Morgan fingerprint density at radius 3 is 2.12 bits per heavy atom. The van der Waals surface area contributed by atoms with Crippen LogP contribution in [0.5, 0.6) is 0 Å². The number of hydrogen-bond donors (Lipinski definition) is 2. The van der Waals surface area contributed by atoms with Crippen molar-refractivity contribution >= 4 is 0 Å². The molecule has 0 radical (unpaired) electrons. The number of nitrogens with one attached hydrogen (secondary N) is 2. The van der Waals surface area contributed by atoms with E-state index in [2.05, 4.69) is 31.4 Å². The SMILES string of the molecule is CCCCCCCCNCC(C)CNCC. The predicted molar refractivity (Wildman–Crippen MR) is 74.0 cm³/mol. The van der Waals surface area contributed by atoms with Crippen LogP contribution in [0.1, 0.15) is 59.3 Å². The first-order chi connectivity index (χ1) is 7.81. The molecular formula is C14H32N2. The van der Waals surface area contributed by atoms with Crippen LogP contribution >= 0.6 is 0 Å². The van der Waals surface area contributed by atoms with Gasteiger partial charge in [-0.25, -0.2) is 0 Å². The van der Waals surface area contributed by atoms with E-state index in [1.807, 2.05) is 0 Å². The first kappa shape index (κ1) is 15.9. The van der Waals surface area contributed by atoms with Crippen molar-refractivity contribution in [1.29, 1.82) is 0 Å². The molecule has 0 saturated carbocycles. The van der Waals surface area contributed by atoms with Crippen molar-refractivity contribution in [1.82, 2.24) is 10.6 Å². The molecule has 0 aliphatic carbocycles. The van der Waals surface area contributed by atoms with E-state index in [9.17, 15) is 0 Å². The van der Waals surface area contributed by atoms with Crippen molar-refractivity contribution in [2.45, 2.75) is 59.3 Å². The van der Waals surface area contributed by atoms with Gasteiger partial charge in [-0.2, -0.15) is 0 Å². The van der Waals surface area contributed by atoms with Gasteiger partial charge in [-0.1, -0.05) is 52.9 Å². The quantitative estimate of drug-likeness (QED) is 0.501. The van der Waals surface area contributed by atoms with Crippen LogP contribution in [0.3, 0.4) is 0 Å². The van der Waals surface area contributed by atoms with Gasteiger partial charge in [0.2, 0.25) is 0 Å². The maximum Gasteiger partial charge on any atom is -0.00110 e. The molecular weight excluding hydrogens is 196 g/mol. The Hall–Kier alpha value is -0.0800. The molecule has 0 bridgehead atoms. The summed E-state index contributed by atoms with van der Waals surface area (Å²) in [5.41, 5.74) is 0. The Morgan fingerprint density at radius 1 is 0.812 bits per heavy atom. The largest absolute Gasteiger partial charge is 0.317 e. The van der Waals surface area contributed by atoms with Gasteiger partial charge in [0.25, 0.3) is 0 Å². The molecule has 2 N–H and O–H groups in total. The molecule has 16 heavy (non-hydrogen) atoms. The van der Waals surface area contributed by atoms with Gasteiger partial charge in [0.05, 0.1) is 0 Å². The van der Waals surface area contributed by atoms with Gasteiger partial charge in [-0.3, -0.25) is 0 Å². The molecule has 0 heterocycles. The second-order valence-electron chi connectivity index (χ2n) is 4.88. The molecule has 0 aromatic carbocycles. The maximum absolute atomic E-state index is 3.54. The monoisotopic (exact) mass is 228 g/mol. The lowest BCUT2D eigenvalue weighted by atomic mass is 10.1. The van der Waals surface area contributed by atoms with Gasteiger partial charge in [-0.05, 0) is 38.5 Å². The molecule has 0 amide bonds. The van der Waals surface area contributed by atoms with Crippen LogP contribution in [-0.2, 0) is 0 Å². The van der Waals surface area contributed by atoms with Crippen LogP contribution in [0.25, 0.3) is 0 Å². The minimum Gasteiger partial charge on any atom is -0.317 e. The fourth-order valence-corrected chi connectivity index (χ4v) is 1.84. The molecule has 0 aromatic heterocycles. The predicted octanol–water partition coefficient (Wildman–Crippen LogP) is 3.18. The zero-order valence-electron chi connectivity index (χ0n) is 11.6. The van der Waals surface area contributed by atoms with Gasteiger partial charge in [-0.15, -0.1) is 0 Å². The van der Waals surface area contributed by atoms with Crippen LogP contribution in [0.15, 0.2) is 0 Å². The Morgan fingerprint density at radius 2 is 1.44 bits per heavy atom. The summed E-state index contributed by atoms with van der Waals surface area (Å²) in [5, 5.41) is 6.93. The standard InChI is InChI=1S/C14H32N2/c1-4-6-7-8-9-10-11-16-13-14(3)12-15-5-2/h14-16H,4-13H2,1-3H3.